The molecule has 2 aromatic carbocycles. The molecule has 1 saturated carbocycles. The summed E-state index contributed by atoms with van der Waals surface area (Å²) in [6, 6.07) is 12.1. The molecular weight excluding hydrogens is 630 g/mol. The average Bonchev–Trinajstić information content (AvgIpc) is 3.83. The van der Waals surface area contributed by atoms with Crippen molar-refractivity contribution in [1.29, 1.82) is 0 Å². The molecule has 4 aliphatic rings. The fourth-order valence-electron chi connectivity index (χ4n) is 8.58. The Morgan fingerprint density at radius 1 is 0.958 bits per heavy atom. The van der Waals surface area contributed by atoms with Crippen LogP contribution >= 0.6 is 0 Å². The monoisotopic (exact) mass is 667 g/mol. The highest BCUT2D eigenvalue weighted by Crippen LogP contribution is 2.53. The molecule has 0 radical (unpaired) electrons. The van der Waals surface area contributed by atoms with Crippen molar-refractivity contribution >= 4 is 11.9 Å². The second-order valence-electron chi connectivity index (χ2n) is 13.5. The molecule has 0 bridgehead atoms. The van der Waals surface area contributed by atoms with Gasteiger partial charge in [0.05, 0.1) is 18.8 Å². The van der Waals surface area contributed by atoms with E-state index in [0.717, 1.165) is 37.8 Å². The SMILES string of the molecule is COc1ccc([C@@H]2CN(C3CCCC3)C[C@@]2(F)C(=O)N2C[C@@H]3c4ccc(C(F)(F)F)cc4-c4cnc(C(=O)O)cc4C(OC)[C@H]3C2)cc1. The minimum absolute atomic E-state index is 0.0469. The number of hydrogen-bond acceptors (Lipinski definition) is 6. The summed E-state index contributed by atoms with van der Waals surface area (Å²) in [6.45, 7) is 0.493. The zero-order chi connectivity index (χ0) is 34.0. The van der Waals surface area contributed by atoms with Crippen molar-refractivity contribution in [2.45, 2.75) is 61.5 Å². The number of carboxylic acid groups (broad SMARTS) is 1. The molecule has 48 heavy (non-hydrogen) atoms. The predicted octanol–water partition coefficient (Wildman–Crippen LogP) is 6.47. The third-order valence-electron chi connectivity index (χ3n) is 10.9. The first-order valence-corrected chi connectivity index (χ1v) is 16.3. The summed E-state index contributed by atoms with van der Waals surface area (Å²) in [7, 11) is 3.00. The first-order valence-electron chi connectivity index (χ1n) is 16.3. The van der Waals surface area contributed by atoms with Gasteiger partial charge in [-0.1, -0.05) is 31.0 Å². The molecule has 3 fully saturated rings. The third kappa shape index (κ3) is 5.42. The van der Waals surface area contributed by atoms with E-state index in [0.29, 0.717) is 34.5 Å². The largest absolute Gasteiger partial charge is 0.497 e. The van der Waals surface area contributed by atoms with E-state index in [1.165, 1.54) is 30.3 Å². The molecule has 8 nitrogen and oxygen atoms in total. The van der Waals surface area contributed by atoms with Crippen LogP contribution in [0.5, 0.6) is 5.75 Å². The van der Waals surface area contributed by atoms with Crippen molar-refractivity contribution in [3.05, 3.63) is 82.7 Å². The summed E-state index contributed by atoms with van der Waals surface area (Å²) in [6.07, 6.45) is -0.120. The zero-order valence-corrected chi connectivity index (χ0v) is 26.7. The number of alkyl halides is 4. The van der Waals surface area contributed by atoms with Crippen LogP contribution in [0.1, 0.15) is 76.4 Å². The van der Waals surface area contributed by atoms with Crippen LogP contribution in [0.15, 0.2) is 54.7 Å². The van der Waals surface area contributed by atoms with Crippen molar-refractivity contribution in [2.24, 2.45) is 5.92 Å². The van der Waals surface area contributed by atoms with Gasteiger partial charge in [0.2, 0.25) is 5.67 Å². The number of carbonyl (C=O) groups excluding carboxylic acids is 1. The van der Waals surface area contributed by atoms with Crippen molar-refractivity contribution in [3.63, 3.8) is 0 Å². The number of halogens is 4. The Balaban J connectivity index is 1.28. The van der Waals surface area contributed by atoms with Crippen LogP contribution in [-0.2, 0) is 15.7 Å². The molecule has 1 amide bonds. The lowest BCUT2D eigenvalue weighted by Crippen LogP contribution is -2.50. The van der Waals surface area contributed by atoms with Crippen molar-refractivity contribution in [1.82, 2.24) is 14.8 Å². The standard InChI is InChI=1S/C36H37F4N3O5/c1-47-23-10-7-20(8-11-23)30-18-43(22-5-3-4-6-22)19-35(30,37)34(46)42-16-28-24-12-9-21(36(38,39)40)13-25(24)27-15-41-31(33(44)45)14-26(27)32(48-2)29(28)17-42/h7-15,22,28-30,32H,3-6,16-19H2,1-2H3,(H,44,45)/t28-,29+,30+,32?,35+/m1/s1. The topological polar surface area (TPSA) is 92.2 Å². The van der Waals surface area contributed by atoms with Gasteiger partial charge in [0, 0.05) is 68.8 Å². The number of rotatable bonds is 6. The fourth-order valence-corrected chi connectivity index (χ4v) is 8.58. The lowest BCUT2D eigenvalue weighted by atomic mass is 9.84. The van der Waals surface area contributed by atoms with E-state index in [9.17, 15) is 27.9 Å². The van der Waals surface area contributed by atoms with Crippen LogP contribution in [0.4, 0.5) is 17.6 Å². The number of hydrogen-bond donors (Lipinski definition) is 1. The van der Waals surface area contributed by atoms with Crippen molar-refractivity contribution in [3.8, 4) is 16.9 Å². The van der Waals surface area contributed by atoms with Gasteiger partial charge in [0.25, 0.3) is 5.91 Å². The fraction of sp³-hybridized carbons (Fsp3) is 0.472. The number of pyridine rings is 1. The number of ether oxygens (including phenoxy) is 2. The summed E-state index contributed by atoms with van der Waals surface area (Å²) in [5.41, 5.74) is -1.20. The quantitative estimate of drug-likeness (QED) is 0.302. The summed E-state index contributed by atoms with van der Waals surface area (Å²) in [4.78, 5) is 34.1. The van der Waals surface area contributed by atoms with Crippen LogP contribution < -0.4 is 4.74 Å². The number of likely N-dealkylation sites (tertiary alicyclic amines) is 2. The number of carboxylic acids is 1. The van der Waals surface area contributed by atoms with E-state index in [-0.39, 0.29) is 36.9 Å². The molecule has 7 rings (SSSR count). The summed E-state index contributed by atoms with van der Waals surface area (Å²) in [5, 5.41) is 9.70. The van der Waals surface area contributed by atoms with Gasteiger partial charge in [-0.2, -0.15) is 13.2 Å². The lowest BCUT2D eigenvalue weighted by Gasteiger charge is -2.31. The first-order chi connectivity index (χ1) is 22.9. The van der Waals surface area contributed by atoms with Crippen LogP contribution in [0, 0.1) is 5.92 Å². The molecule has 2 saturated heterocycles. The van der Waals surface area contributed by atoms with E-state index in [4.69, 9.17) is 9.47 Å². The van der Waals surface area contributed by atoms with E-state index >= 15 is 4.39 Å². The van der Waals surface area contributed by atoms with Gasteiger partial charge in [-0.15, -0.1) is 0 Å². The first kappa shape index (κ1) is 32.5. The van der Waals surface area contributed by atoms with Crippen LogP contribution in [-0.4, -0.2) is 83.9 Å². The predicted molar refractivity (Wildman–Crippen MR) is 168 cm³/mol. The van der Waals surface area contributed by atoms with Gasteiger partial charge in [-0.05, 0) is 65.4 Å². The van der Waals surface area contributed by atoms with Gasteiger partial charge in [0.1, 0.15) is 11.4 Å². The third-order valence-corrected chi connectivity index (χ3v) is 10.9. The molecule has 1 unspecified atom stereocenters. The average molecular weight is 668 g/mol. The Bertz CT molecular complexity index is 1730. The van der Waals surface area contributed by atoms with Gasteiger partial charge < -0.3 is 19.5 Å². The number of benzene rings is 2. The van der Waals surface area contributed by atoms with Gasteiger partial charge >= 0.3 is 12.1 Å². The van der Waals surface area contributed by atoms with Crippen LogP contribution in [0.3, 0.4) is 0 Å². The smallest absolute Gasteiger partial charge is 0.416 e. The normalized spacial score (nSPS) is 27.3. The van der Waals surface area contributed by atoms with Crippen molar-refractivity contribution < 1.29 is 41.7 Å². The molecule has 3 heterocycles. The number of carbonyl (C=O) groups is 2. The van der Waals surface area contributed by atoms with Crippen molar-refractivity contribution in [2.75, 3.05) is 40.4 Å². The summed E-state index contributed by atoms with van der Waals surface area (Å²) >= 11 is 0. The Hall–Kier alpha value is -4.03. The Labute approximate surface area is 275 Å². The molecule has 3 aromatic rings. The molecule has 12 heteroatoms. The molecule has 2 aliphatic heterocycles. The molecular formula is C36H37F4N3O5. The minimum atomic E-state index is -4.63. The molecule has 0 spiro atoms. The van der Waals surface area contributed by atoms with E-state index in [2.05, 4.69) is 9.88 Å². The summed E-state index contributed by atoms with van der Waals surface area (Å²) < 4.78 is 70.8. The van der Waals surface area contributed by atoms with Gasteiger partial charge in [-0.3, -0.25) is 9.69 Å². The zero-order valence-electron chi connectivity index (χ0n) is 26.7. The Morgan fingerprint density at radius 2 is 1.69 bits per heavy atom. The maximum Gasteiger partial charge on any atom is 0.416 e. The van der Waals surface area contributed by atoms with E-state index < -0.39 is 53.1 Å². The molecule has 5 atom stereocenters. The highest BCUT2D eigenvalue weighted by Gasteiger charge is 2.58. The molecule has 1 N–H and O–H groups in total. The van der Waals surface area contributed by atoms with E-state index in [1.807, 2.05) is 0 Å². The van der Waals surface area contributed by atoms with Gasteiger partial charge in [0.15, 0.2) is 0 Å². The van der Waals surface area contributed by atoms with Crippen LogP contribution in [0.2, 0.25) is 0 Å². The maximum absolute atomic E-state index is 17.7. The lowest BCUT2D eigenvalue weighted by molar-refractivity contribution is -0.143. The number of nitrogens with zero attached hydrogens (tertiary/aromatic N) is 3. The molecule has 254 valence electrons. The Kier molecular flexibility index (Phi) is 8.22. The second kappa shape index (κ2) is 12.1. The van der Waals surface area contributed by atoms with E-state index in [1.54, 1.807) is 31.4 Å². The van der Waals surface area contributed by atoms with Gasteiger partial charge in [-0.25, -0.2) is 14.2 Å². The number of aromatic carboxylic acids is 1. The van der Waals surface area contributed by atoms with Crippen LogP contribution in [0.25, 0.3) is 11.1 Å². The summed E-state index contributed by atoms with van der Waals surface area (Å²) in [5.74, 6) is -3.05. The highest BCUT2D eigenvalue weighted by atomic mass is 19.4. The number of amides is 1. The highest BCUT2D eigenvalue weighted by molar-refractivity contribution is 5.89. The number of fused-ring (bicyclic) bond motifs is 5. The second-order valence-corrected chi connectivity index (χ2v) is 13.5. The Morgan fingerprint density at radius 3 is 2.33 bits per heavy atom. The maximum atomic E-state index is 17.7. The number of methoxy groups -OCH3 is 2. The number of aromatic nitrogens is 1. The minimum Gasteiger partial charge on any atom is -0.497 e. The molecule has 1 aromatic heterocycles. The molecule has 2 aliphatic carbocycles.